The molecule has 1 atom stereocenters. The number of nitrogens with one attached hydrogen (secondary N) is 2. The molecule has 6 heteroatoms. The van der Waals surface area contributed by atoms with Gasteiger partial charge in [-0.1, -0.05) is 13.3 Å². The number of methoxy groups -OCH3 is 1. The van der Waals surface area contributed by atoms with E-state index < -0.39 is 5.54 Å². The van der Waals surface area contributed by atoms with Crippen LogP contribution in [0.25, 0.3) is 0 Å². The lowest BCUT2D eigenvalue weighted by molar-refractivity contribution is -0.145. The van der Waals surface area contributed by atoms with Crippen LogP contribution in [-0.4, -0.2) is 36.6 Å². The Morgan fingerprint density at radius 1 is 1.45 bits per heavy atom. The monoisotopic (exact) mass is 279 g/mol. The second kappa shape index (κ2) is 6.88. The van der Waals surface area contributed by atoms with Crippen molar-refractivity contribution in [2.45, 2.75) is 32.2 Å². The first kappa shape index (κ1) is 15.9. The lowest BCUT2D eigenvalue weighted by Gasteiger charge is -2.28. The van der Waals surface area contributed by atoms with Crippen LogP contribution in [0.5, 0.6) is 0 Å². The van der Waals surface area contributed by atoms with Crippen LogP contribution in [0.3, 0.4) is 0 Å². The predicted molar refractivity (Wildman–Crippen MR) is 76.6 cm³/mol. The molecule has 1 aromatic heterocycles. The number of esters is 1. The minimum atomic E-state index is -0.829. The first-order valence-electron chi connectivity index (χ1n) is 6.51. The summed E-state index contributed by atoms with van der Waals surface area (Å²) in [5.74, 6) is -0.610. The Labute approximate surface area is 118 Å². The molecule has 0 aliphatic rings. The van der Waals surface area contributed by atoms with E-state index >= 15 is 0 Å². The van der Waals surface area contributed by atoms with Crippen molar-refractivity contribution in [3.05, 3.63) is 24.0 Å². The van der Waals surface area contributed by atoms with Gasteiger partial charge in [-0.25, -0.2) is 4.79 Å². The number of aromatic nitrogens is 1. The zero-order valence-corrected chi connectivity index (χ0v) is 12.3. The van der Waals surface area contributed by atoms with Crippen LogP contribution in [0.4, 0.5) is 5.69 Å². The van der Waals surface area contributed by atoms with Crippen LogP contribution in [-0.2, 0) is 9.53 Å². The smallest absolute Gasteiger partial charge is 0.331 e. The Bertz CT molecular complexity index is 490. The van der Waals surface area contributed by atoms with Gasteiger partial charge in [-0.15, -0.1) is 0 Å². The van der Waals surface area contributed by atoms with Gasteiger partial charge >= 0.3 is 5.97 Å². The summed E-state index contributed by atoms with van der Waals surface area (Å²) < 4.78 is 4.84. The number of hydrogen-bond acceptors (Lipinski definition) is 5. The molecule has 1 rings (SSSR count). The lowest BCUT2D eigenvalue weighted by Crippen LogP contribution is -2.44. The van der Waals surface area contributed by atoms with Crippen molar-refractivity contribution < 1.29 is 14.3 Å². The van der Waals surface area contributed by atoms with Crippen molar-refractivity contribution in [3.63, 3.8) is 0 Å². The molecule has 1 amide bonds. The van der Waals surface area contributed by atoms with Crippen LogP contribution in [0.1, 0.15) is 37.2 Å². The van der Waals surface area contributed by atoms with Crippen LogP contribution >= 0.6 is 0 Å². The van der Waals surface area contributed by atoms with Gasteiger partial charge in [0, 0.05) is 18.9 Å². The third kappa shape index (κ3) is 3.69. The highest BCUT2D eigenvalue weighted by Crippen LogP contribution is 2.21. The molecule has 0 radical (unpaired) electrons. The van der Waals surface area contributed by atoms with E-state index in [0.717, 1.165) is 6.42 Å². The van der Waals surface area contributed by atoms with E-state index in [-0.39, 0.29) is 11.9 Å². The standard InChI is InChI=1S/C14H21N3O3/c1-5-7-14(2,13(19)20-4)17-10-6-8-16-11(9-10)12(18)15-3/h6,8-9H,5,7H2,1-4H3,(H,15,18)(H,16,17). The Hall–Kier alpha value is -2.11. The average molecular weight is 279 g/mol. The van der Waals surface area contributed by atoms with Crippen molar-refractivity contribution in [1.82, 2.24) is 10.3 Å². The fourth-order valence-electron chi connectivity index (χ4n) is 2.02. The van der Waals surface area contributed by atoms with Gasteiger partial charge in [0.05, 0.1) is 7.11 Å². The molecule has 110 valence electrons. The minimum absolute atomic E-state index is 0.274. The predicted octanol–water partition coefficient (Wildman–Crippen LogP) is 1.58. The number of ether oxygens (including phenoxy) is 1. The summed E-state index contributed by atoms with van der Waals surface area (Å²) in [7, 11) is 2.90. The minimum Gasteiger partial charge on any atom is -0.467 e. The van der Waals surface area contributed by atoms with Crippen molar-refractivity contribution in [1.29, 1.82) is 0 Å². The number of anilines is 1. The first-order chi connectivity index (χ1) is 9.46. The molecule has 0 saturated carbocycles. The Kier molecular flexibility index (Phi) is 5.49. The first-order valence-corrected chi connectivity index (χ1v) is 6.51. The third-order valence-corrected chi connectivity index (χ3v) is 3.03. The Morgan fingerprint density at radius 3 is 2.70 bits per heavy atom. The zero-order valence-electron chi connectivity index (χ0n) is 12.3. The number of pyridine rings is 1. The second-order valence-electron chi connectivity index (χ2n) is 4.71. The van der Waals surface area contributed by atoms with E-state index in [0.29, 0.717) is 17.8 Å². The molecule has 0 saturated heterocycles. The third-order valence-electron chi connectivity index (χ3n) is 3.03. The fourth-order valence-corrected chi connectivity index (χ4v) is 2.02. The van der Waals surface area contributed by atoms with Gasteiger partial charge in [0.25, 0.3) is 5.91 Å². The maximum absolute atomic E-state index is 11.9. The molecular formula is C14H21N3O3. The van der Waals surface area contributed by atoms with Gasteiger partial charge < -0.3 is 15.4 Å². The van der Waals surface area contributed by atoms with Crippen LogP contribution < -0.4 is 10.6 Å². The molecule has 0 spiro atoms. The topological polar surface area (TPSA) is 80.3 Å². The summed E-state index contributed by atoms with van der Waals surface area (Å²) in [4.78, 5) is 27.5. The lowest BCUT2D eigenvalue weighted by atomic mass is 9.96. The summed E-state index contributed by atoms with van der Waals surface area (Å²) in [5, 5.41) is 5.64. The molecule has 0 fully saturated rings. The summed E-state index contributed by atoms with van der Waals surface area (Å²) in [6.07, 6.45) is 2.97. The van der Waals surface area contributed by atoms with Crippen molar-refractivity contribution in [2.24, 2.45) is 0 Å². The average Bonchev–Trinajstić information content (AvgIpc) is 2.45. The quantitative estimate of drug-likeness (QED) is 0.773. The highest BCUT2D eigenvalue weighted by Gasteiger charge is 2.33. The van der Waals surface area contributed by atoms with Gasteiger partial charge in [-0.3, -0.25) is 9.78 Å². The van der Waals surface area contributed by atoms with Gasteiger partial charge in [0.2, 0.25) is 0 Å². The summed E-state index contributed by atoms with van der Waals surface area (Å²) in [6.45, 7) is 3.77. The molecule has 6 nitrogen and oxygen atoms in total. The van der Waals surface area contributed by atoms with Crippen molar-refractivity contribution >= 4 is 17.6 Å². The highest BCUT2D eigenvalue weighted by atomic mass is 16.5. The Morgan fingerprint density at radius 2 is 2.15 bits per heavy atom. The summed E-state index contributed by atoms with van der Waals surface area (Å²) in [6, 6.07) is 3.32. The number of rotatable bonds is 6. The van der Waals surface area contributed by atoms with Crippen molar-refractivity contribution in [2.75, 3.05) is 19.5 Å². The number of carbonyl (C=O) groups is 2. The van der Waals surface area contributed by atoms with Gasteiger partial charge in [0.1, 0.15) is 11.2 Å². The van der Waals surface area contributed by atoms with Crippen LogP contribution in [0, 0.1) is 0 Å². The van der Waals surface area contributed by atoms with E-state index in [1.807, 2.05) is 6.92 Å². The SMILES string of the molecule is CCCC(C)(Nc1ccnc(C(=O)NC)c1)C(=O)OC. The highest BCUT2D eigenvalue weighted by molar-refractivity contribution is 5.93. The van der Waals surface area contributed by atoms with E-state index in [1.54, 1.807) is 26.1 Å². The fraction of sp³-hybridized carbons (Fsp3) is 0.500. The van der Waals surface area contributed by atoms with Crippen LogP contribution in [0.2, 0.25) is 0 Å². The molecule has 0 bridgehead atoms. The number of hydrogen-bond donors (Lipinski definition) is 2. The molecule has 1 aromatic rings. The van der Waals surface area contributed by atoms with Crippen LogP contribution in [0.15, 0.2) is 18.3 Å². The normalized spacial score (nSPS) is 13.2. The van der Waals surface area contributed by atoms with E-state index in [2.05, 4.69) is 15.6 Å². The van der Waals surface area contributed by atoms with E-state index in [4.69, 9.17) is 4.74 Å². The molecule has 0 aliphatic carbocycles. The van der Waals surface area contributed by atoms with E-state index in [1.165, 1.54) is 13.3 Å². The number of nitrogens with zero attached hydrogens (tertiary/aromatic N) is 1. The van der Waals surface area contributed by atoms with E-state index in [9.17, 15) is 9.59 Å². The molecular weight excluding hydrogens is 258 g/mol. The number of amides is 1. The molecule has 0 aliphatic heterocycles. The molecule has 1 unspecified atom stereocenters. The summed E-state index contributed by atoms with van der Waals surface area (Å²) in [5.41, 5.74) is 0.117. The largest absolute Gasteiger partial charge is 0.467 e. The molecule has 1 heterocycles. The second-order valence-corrected chi connectivity index (χ2v) is 4.71. The maximum atomic E-state index is 11.9. The number of carbonyl (C=O) groups excluding carboxylic acids is 2. The molecule has 20 heavy (non-hydrogen) atoms. The van der Waals surface area contributed by atoms with Crippen molar-refractivity contribution in [3.8, 4) is 0 Å². The van der Waals surface area contributed by atoms with Gasteiger partial charge in [-0.2, -0.15) is 0 Å². The van der Waals surface area contributed by atoms with Gasteiger partial charge in [-0.05, 0) is 25.5 Å². The molecule has 0 aromatic carbocycles. The maximum Gasteiger partial charge on any atom is 0.331 e. The van der Waals surface area contributed by atoms with Gasteiger partial charge in [0.15, 0.2) is 0 Å². The molecule has 2 N–H and O–H groups in total. The Balaban J connectivity index is 3.00. The summed E-state index contributed by atoms with van der Waals surface area (Å²) >= 11 is 0. The zero-order chi connectivity index (χ0) is 15.2.